The van der Waals surface area contributed by atoms with E-state index in [4.69, 9.17) is 0 Å². The van der Waals surface area contributed by atoms with Gasteiger partial charge in [-0.05, 0) is 26.2 Å². The summed E-state index contributed by atoms with van der Waals surface area (Å²) in [5.74, 6) is 5.74. The highest BCUT2D eigenvalue weighted by molar-refractivity contribution is 4.98. The van der Waals surface area contributed by atoms with Crippen molar-refractivity contribution in [3.63, 3.8) is 0 Å². The van der Waals surface area contributed by atoms with Gasteiger partial charge in [-0.1, -0.05) is 5.92 Å². The van der Waals surface area contributed by atoms with Crippen LogP contribution in [0.2, 0.25) is 0 Å². The molecule has 0 aliphatic heterocycles. The standard InChI is InChI=1S/C9H15NO/c1-2-3-7-10-8-5-4-6-9(8)11/h8-11H,4-7H2,1H3. The lowest BCUT2D eigenvalue weighted by atomic mass is 10.2. The highest BCUT2D eigenvalue weighted by atomic mass is 16.3. The zero-order valence-corrected chi connectivity index (χ0v) is 6.93. The first-order valence-corrected chi connectivity index (χ1v) is 4.15. The van der Waals surface area contributed by atoms with Gasteiger partial charge in [-0.15, -0.1) is 5.92 Å². The van der Waals surface area contributed by atoms with E-state index in [1.54, 1.807) is 0 Å². The van der Waals surface area contributed by atoms with Crippen LogP contribution in [0.4, 0.5) is 0 Å². The molecule has 0 aromatic heterocycles. The molecular weight excluding hydrogens is 138 g/mol. The molecule has 1 aliphatic rings. The second-order valence-corrected chi connectivity index (χ2v) is 2.91. The van der Waals surface area contributed by atoms with Gasteiger partial charge in [0, 0.05) is 6.04 Å². The summed E-state index contributed by atoms with van der Waals surface area (Å²) >= 11 is 0. The van der Waals surface area contributed by atoms with Gasteiger partial charge >= 0.3 is 0 Å². The number of rotatable bonds is 2. The van der Waals surface area contributed by atoms with Crippen LogP contribution in [0.5, 0.6) is 0 Å². The zero-order valence-electron chi connectivity index (χ0n) is 6.93. The molecule has 0 bridgehead atoms. The van der Waals surface area contributed by atoms with E-state index in [2.05, 4.69) is 17.2 Å². The van der Waals surface area contributed by atoms with Crippen LogP contribution in [0.3, 0.4) is 0 Å². The number of aliphatic hydroxyl groups excluding tert-OH is 1. The normalized spacial score (nSPS) is 29.6. The van der Waals surface area contributed by atoms with Crippen LogP contribution in [0.25, 0.3) is 0 Å². The largest absolute Gasteiger partial charge is 0.392 e. The molecule has 0 spiro atoms. The monoisotopic (exact) mass is 153 g/mol. The molecule has 0 aromatic carbocycles. The smallest absolute Gasteiger partial charge is 0.0693 e. The maximum atomic E-state index is 9.38. The second-order valence-electron chi connectivity index (χ2n) is 2.91. The van der Waals surface area contributed by atoms with Crippen LogP contribution >= 0.6 is 0 Å². The first-order valence-electron chi connectivity index (χ1n) is 4.15. The average molecular weight is 153 g/mol. The van der Waals surface area contributed by atoms with Crippen molar-refractivity contribution in [2.75, 3.05) is 6.54 Å². The first kappa shape index (κ1) is 8.58. The Morgan fingerprint density at radius 1 is 1.55 bits per heavy atom. The maximum absolute atomic E-state index is 9.38. The molecule has 0 amide bonds. The van der Waals surface area contributed by atoms with Crippen LogP contribution in [0, 0.1) is 11.8 Å². The Morgan fingerprint density at radius 2 is 2.36 bits per heavy atom. The number of hydrogen-bond donors (Lipinski definition) is 2. The van der Waals surface area contributed by atoms with E-state index in [1.165, 1.54) is 0 Å². The van der Waals surface area contributed by atoms with Gasteiger partial charge in [-0.2, -0.15) is 0 Å². The van der Waals surface area contributed by atoms with Crippen molar-refractivity contribution < 1.29 is 5.11 Å². The number of nitrogens with one attached hydrogen (secondary N) is 1. The molecule has 0 radical (unpaired) electrons. The minimum absolute atomic E-state index is 0.145. The van der Waals surface area contributed by atoms with E-state index in [9.17, 15) is 5.11 Å². The Labute approximate surface area is 68.0 Å². The lowest BCUT2D eigenvalue weighted by Gasteiger charge is -2.13. The Balaban J connectivity index is 2.18. The highest BCUT2D eigenvalue weighted by Gasteiger charge is 2.23. The Kier molecular flexibility index (Phi) is 3.41. The summed E-state index contributed by atoms with van der Waals surface area (Å²) in [6, 6.07) is 0.288. The van der Waals surface area contributed by atoms with Crippen molar-refractivity contribution in [3.8, 4) is 11.8 Å². The van der Waals surface area contributed by atoms with Gasteiger partial charge in [-0.25, -0.2) is 0 Å². The van der Waals surface area contributed by atoms with Gasteiger partial charge in [-0.3, -0.25) is 0 Å². The molecule has 62 valence electrons. The van der Waals surface area contributed by atoms with Crippen LogP contribution in [-0.2, 0) is 0 Å². The number of aliphatic hydroxyl groups is 1. The Morgan fingerprint density at radius 3 is 2.91 bits per heavy atom. The van der Waals surface area contributed by atoms with Gasteiger partial charge in [0.15, 0.2) is 0 Å². The predicted molar refractivity (Wildman–Crippen MR) is 45.1 cm³/mol. The molecular formula is C9H15NO. The number of hydrogen-bond acceptors (Lipinski definition) is 2. The molecule has 0 aromatic rings. The minimum atomic E-state index is -0.145. The molecule has 1 rings (SSSR count). The fourth-order valence-electron chi connectivity index (χ4n) is 1.45. The van der Waals surface area contributed by atoms with Crippen molar-refractivity contribution in [1.82, 2.24) is 5.32 Å². The summed E-state index contributed by atoms with van der Waals surface area (Å²) in [6.45, 7) is 2.53. The van der Waals surface area contributed by atoms with Crippen LogP contribution < -0.4 is 5.32 Å². The SMILES string of the molecule is CC#CCNC1CCCC1O. The summed E-state index contributed by atoms with van der Waals surface area (Å²) in [6.07, 6.45) is 3.02. The molecule has 11 heavy (non-hydrogen) atoms. The Hall–Kier alpha value is -0.520. The molecule has 1 saturated carbocycles. The van der Waals surface area contributed by atoms with E-state index in [-0.39, 0.29) is 12.1 Å². The third-order valence-corrected chi connectivity index (χ3v) is 2.11. The summed E-state index contributed by atoms with van der Waals surface area (Å²) in [7, 11) is 0. The molecule has 2 unspecified atom stereocenters. The lowest BCUT2D eigenvalue weighted by molar-refractivity contribution is 0.151. The molecule has 1 aliphatic carbocycles. The Bertz CT molecular complexity index is 168. The highest BCUT2D eigenvalue weighted by Crippen LogP contribution is 2.18. The zero-order chi connectivity index (χ0) is 8.10. The molecule has 0 heterocycles. The first-order chi connectivity index (χ1) is 5.34. The second kappa shape index (κ2) is 4.38. The molecule has 2 N–H and O–H groups in total. The van der Waals surface area contributed by atoms with Crippen LogP contribution in [0.15, 0.2) is 0 Å². The van der Waals surface area contributed by atoms with Gasteiger partial charge in [0.1, 0.15) is 0 Å². The summed E-state index contributed by atoms with van der Waals surface area (Å²) in [5.41, 5.74) is 0. The summed E-state index contributed by atoms with van der Waals surface area (Å²) in [4.78, 5) is 0. The minimum Gasteiger partial charge on any atom is -0.392 e. The van der Waals surface area contributed by atoms with Crippen molar-refractivity contribution in [2.45, 2.75) is 38.3 Å². The van der Waals surface area contributed by atoms with Crippen LogP contribution in [0.1, 0.15) is 26.2 Å². The van der Waals surface area contributed by atoms with Gasteiger partial charge in [0.2, 0.25) is 0 Å². The molecule has 2 heteroatoms. The van der Waals surface area contributed by atoms with E-state index >= 15 is 0 Å². The van der Waals surface area contributed by atoms with E-state index in [1.807, 2.05) is 6.92 Å². The van der Waals surface area contributed by atoms with Crippen molar-refractivity contribution in [2.24, 2.45) is 0 Å². The third-order valence-electron chi connectivity index (χ3n) is 2.11. The quantitative estimate of drug-likeness (QED) is 0.567. The maximum Gasteiger partial charge on any atom is 0.0693 e. The van der Waals surface area contributed by atoms with Gasteiger partial charge < -0.3 is 10.4 Å². The third kappa shape index (κ3) is 2.53. The molecule has 1 fully saturated rings. The van der Waals surface area contributed by atoms with E-state index in [0.29, 0.717) is 6.54 Å². The molecule has 2 atom stereocenters. The fourth-order valence-corrected chi connectivity index (χ4v) is 1.45. The molecule has 0 saturated heterocycles. The predicted octanol–water partition coefficient (Wildman–Crippen LogP) is 0.513. The van der Waals surface area contributed by atoms with Crippen molar-refractivity contribution >= 4 is 0 Å². The van der Waals surface area contributed by atoms with Gasteiger partial charge in [0.05, 0.1) is 12.6 Å². The average Bonchev–Trinajstić information content (AvgIpc) is 2.37. The van der Waals surface area contributed by atoms with Crippen molar-refractivity contribution in [3.05, 3.63) is 0 Å². The van der Waals surface area contributed by atoms with Gasteiger partial charge in [0.25, 0.3) is 0 Å². The fraction of sp³-hybridized carbons (Fsp3) is 0.778. The van der Waals surface area contributed by atoms with E-state index in [0.717, 1.165) is 19.3 Å². The summed E-state index contributed by atoms with van der Waals surface area (Å²) in [5, 5.41) is 12.6. The van der Waals surface area contributed by atoms with Crippen molar-refractivity contribution in [1.29, 1.82) is 0 Å². The molecule has 2 nitrogen and oxygen atoms in total. The lowest BCUT2D eigenvalue weighted by Crippen LogP contribution is -2.35. The van der Waals surface area contributed by atoms with Crippen LogP contribution in [-0.4, -0.2) is 23.8 Å². The van der Waals surface area contributed by atoms with E-state index < -0.39 is 0 Å². The topological polar surface area (TPSA) is 32.3 Å². The summed E-state index contributed by atoms with van der Waals surface area (Å²) < 4.78 is 0.